The van der Waals surface area contributed by atoms with Gasteiger partial charge in [0.1, 0.15) is 5.82 Å². The Labute approximate surface area is 128 Å². The Morgan fingerprint density at radius 3 is 2.90 bits per heavy atom. The monoisotopic (exact) mass is 340 g/mol. The maximum Gasteiger partial charge on any atom is 0.127 e. The second-order valence-corrected chi connectivity index (χ2v) is 7.00. The van der Waals surface area contributed by atoms with Crippen molar-refractivity contribution in [3.63, 3.8) is 0 Å². The van der Waals surface area contributed by atoms with Gasteiger partial charge in [-0.3, -0.25) is 4.90 Å². The highest BCUT2D eigenvalue weighted by Gasteiger charge is 2.38. The van der Waals surface area contributed by atoms with Crippen LogP contribution in [0.3, 0.4) is 0 Å². The zero-order valence-electron chi connectivity index (χ0n) is 11.9. The van der Waals surface area contributed by atoms with E-state index >= 15 is 0 Å². The Balaban J connectivity index is 1.76. The molecule has 2 nitrogen and oxygen atoms in total. The minimum absolute atomic E-state index is 0.0886. The van der Waals surface area contributed by atoms with Crippen LogP contribution in [-0.2, 0) is 6.54 Å². The molecule has 2 fully saturated rings. The lowest BCUT2D eigenvalue weighted by Gasteiger charge is -2.40. The Hall–Kier alpha value is -0.450. The average molecular weight is 341 g/mol. The first-order valence-corrected chi connectivity index (χ1v) is 8.38. The summed E-state index contributed by atoms with van der Waals surface area (Å²) in [5, 5.41) is 3.64. The van der Waals surface area contributed by atoms with Crippen LogP contribution in [0, 0.1) is 11.7 Å². The van der Waals surface area contributed by atoms with Crippen LogP contribution in [0.4, 0.5) is 4.39 Å². The number of nitrogens with one attached hydrogen (secondary N) is 1. The molecule has 1 saturated carbocycles. The van der Waals surface area contributed by atoms with Gasteiger partial charge in [0.05, 0.1) is 0 Å². The summed E-state index contributed by atoms with van der Waals surface area (Å²) in [6, 6.07) is 6.37. The summed E-state index contributed by atoms with van der Waals surface area (Å²) in [6.45, 7) is 5.03. The number of rotatable bonds is 4. The molecule has 1 heterocycles. The second-order valence-electron chi connectivity index (χ2n) is 6.08. The topological polar surface area (TPSA) is 15.3 Å². The lowest BCUT2D eigenvalue weighted by Crippen LogP contribution is -2.56. The molecular weight excluding hydrogens is 319 g/mol. The summed E-state index contributed by atoms with van der Waals surface area (Å²) in [7, 11) is 0. The molecule has 2 atom stereocenters. The molecule has 1 saturated heterocycles. The highest BCUT2D eigenvalue weighted by Crippen LogP contribution is 2.37. The quantitative estimate of drug-likeness (QED) is 0.901. The summed E-state index contributed by atoms with van der Waals surface area (Å²) in [6.07, 6.45) is 3.80. The third-order valence-electron chi connectivity index (χ3n) is 4.58. The molecule has 20 heavy (non-hydrogen) atoms. The van der Waals surface area contributed by atoms with Gasteiger partial charge in [0.2, 0.25) is 0 Å². The Kier molecular flexibility index (Phi) is 4.43. The van der Waals surface area contributed by atoms with Gasteiger partial charge in [0, 0.05) is 41.8 Å². The number of hydrogen-bond donors (Lipinski definition) is 1. The van der Waals surface area contributed by atoms with Crippen LogP contribution in [0.15, 0.2) is 22.7 Å². The van der Waals surface area contributed by atoms with Crippen LogP contribution in [0.2, 0.25) is 0 Å². The normalized spacial score (nSPS) is 27.8. The standard InChI is InChI=1S/C16H22BrFN2/c1-2-14-10-20(16(8-19-14)11-3-4-11)9-12-7-13(17)5-6-15(12)18/h5-7,11,14,16,19H,2-4,8-10H2,1H3. The van der Waals surface area contributed by atoms with Gasteiger partial charge >= 0.3 is 0 Å². The molecular formula is C16H22BrFN2. The van der Waals surface area contributed by atoms with E-state index in [-0.39, 0.29) is 5.82 Å². The van der Waals surface area contributed by atoms with E-state index in [1.54, 1.807) is 12.1 Å². The van der Waals surface area contributed by atoms with Crippen molar-refractivity contribution in [1.29, 1.82) is 0 Å². The number of nitrogens with zero attached hydrogens (tertiary/aromatic N) is 1. The molecule has 0 bridgehead atoms. The largest absolute Gasteiger partial charge is 0.311 e. The molecule has 0 aromatic heterocycles. The van der Waals surface area contributed by atoms with Crippen LogP contribution in [0.25, 0.3) is 0 Å². The summed E-state index contributed by atoms with van der Waals surface area (Å²) in [5.74, 6) is 0.727. The fraction of sp³-hybridized carbons (Fsp3) is 0.625. The van der Waals surface area contributed by atoms with E-state index in [1.165, 1.54) is 12.8 Å². The molecule has 1 aromatic carbocycles. The van der Waals surface area contributed by atoms with Crippen molar-refractivity contribution in [3.8, 4) is 0 Å². The summed E-state index contributed by atoms with van der Waals surface area (Å²) in [4.78, 5) is 2.49. The van der Waals surface area contributed by atoms with Crippen LogP contribution >= 0.6 is 15.9 Å². The smallest absolute Gasteiger partial charge is 0.127 e. The minimum atomic E-state index is -0.0886. The molecule has 0 radical (unpaired) electrons. The zero-order valence-corrected chi connectivity index (χ0v) is 13.5. The maximum atomic E-state index is 14.0. The van der Waals surface area contributed by atoms with Gasteiger partial charge in [-0.2, -0.15) is 0 Å². The third kappa shape index (κ3) is 3.23. The summed E-state index contributed by atoms with van der Waals surface area (Å²) >= 11 is 3.45. The third-order valence-corrected chi connectivity index (χ3v) is 5.07. The van der Waals surface area contributed by atoms with E-state index < -0.39 is 0 Å². The van der Waals surface area contributed by atoms with E-state index in [9.17, 15) is 4.39 Å². The number of benzene rings is 1. The number of halogens is 2. The van der Waals surface area contributed by atoms with Gasteiger partial charge in [-0.1, -0.05) is 22.9 Å². The molecule has 0 amide bonds. The molecule has 1 aliphatic heterocycles. The van der Waals surface area contributed by atoms with Gasteiger partial charge in [-0.05, 0) is 43.4 Å². The van der Waals surface area contributed by atoms with Gasteiger partial charge < -0.3 is 5.32 Å². The van der Waals surface area contributed by atoms with E-state index in [1.807, 2.05) is 6.07 Å². The molecule has 3 rings (SSSR count). The first-order chi connectivity index (χ1) is 9.67. The fourth-order valence-corrected chi connectivity index (χ4v) is 3.59. The molecule has 2 unspecified atom stereocenters. The molecule has 1 N–H and O–H groups in total. The average Bonchev–Trinajstić information content (AvgIpc) is 3.27. The van der Waals surface area contributed by atoms with Crippen molar-refractivity contribution in [2.24, 2.45) is 5.92 Å². The minimum Gasteiger partial charge on any atom is -0.311 e. The van der Waals surface area contributed by atoms with E-state index in [4.69, 9.17) is 0 Å². The van der Waals surface area contributed by atoms with Crippen LogP contribution in [0.1, 0.15) is 31.7 Å². The van der Waals surface area contributed by atoms with E-state index in [2.05, 4.69) is 33.1 Å². The van der Waals surface area contributed by atoms with Crippen molar-refractivity contribution in [1.82, 2.24) is 10.2 Å². The highest BCUT2D eigenvalue weighted by molar-refractivity contribution is 9.10. The van der Waals surface area contributed by atoms with E-state index in [0.717, 1.165) is 42.0 Å². The van der Waals surface area contributed by atoms with Gasteiger partial charge in [0.25, 0.3) is 0 Å². The first-order valence-electron chi connectivity index (χ1n) is 7.58. The van der Waals surface area contributed by atoms with Crippen LogP contribution in [0.5, 0.6) is 0 Å². The number of piperazine rings is 1. The van der Waals surface area contributed by atoms with Crippen molar-refractivity contribution >= 4 is 15.9 Å². The fourth-order valence-electron chi connectivity index (χ4n) is 3.18. The lowest BCUT2D eigenvalue weighted by molar-refractivity contribution is 0.104. The lowest BCUT2D eigenvalue weighted by atomic mass is 10.0. The van der Waals surface area contributed by atoms with Crippen LogP contribution in [-0.4, -0.2) is 30.1 Å². The predicted molar refractivity (Wildman–Crippen MR) is 83.1 cm³/mol. The Bertz CT molecular complexity index is 476. The molecule has 1 aromatic rings. The molecule has 1 aliphatic carbocycles. The van der Waals surface area contributed by atoms with Gasteiger partial charge in [-0.25, -0.2) is 4.39 Å². The molecule has 0 spiro atoms. The molecule has 110 valence electrons. The van der Waals surface area contributed by atoms with Crippen molar-refractivity contribution < 1.29 is 4.39 Å². The van der Waals surface area contributed by atoms with Crippen molar-refractivity contribution in [2.45, 2.75) is 44.8 Å². The van der Waals surface area contributed by atoms with E-state index in [0.29, 0.717) is 12.1 Å². The number of hydrogen-bond acceptors (Lipinski definition) is 2. The van der Waals surface area contributed by atoms with Crippen molar-refractivity contribution in [3.05, 3.63) is 34.1 Å². The van der Waals surface area contributed by atoms with Gasteiger partial charge in [0.15, 0.2) is 0 Å². The predicted octanol–water partition coefficient (Wildman–Crippen LogP) is 3.55. The zero-order chi connectivity index (χ0) is 14.1. The Morgan fingerprint density at radius 1 is 1.40 bits per heavy atom. The Morgan fingerprint density at radius 2 is 2.20 bits per heavy atom. The molecule has 4 heteroatoms. The second kappa shape index (κ2) is 6.12. The summed E-state index contributed by atoms with van der Waals surface area (Å²) < 4.78 is 14.9. The summed E-state index contributed by atoms with van der Waals surface area (Å²) in [5.41, 5.74) is 0.807. The van der Waals surface area contributed by atoms with Crippen LogP contribution < -0.4 is 5.32 Å². The SMILES string of the molecule is CCC1CN(Cc2cc(Br)ccc2F)C(C2CC2)CN1. The van der Waals surface area contributed by atoms with Crippen molar-refractivity contribution in [2.75, 3.05) is 13.1 Å². The maximum absolute atomic E-state index is 14.0. The van der Waals surface area contributed by atoms with Gasteiger partial charge in [-0.15, -0.1) is 0 Å². The molecule has 2 aliphatic rings. The first kappa shape index (κ1) is 14.5. The highest BCUT2D eigenvalue weighted by atomic mass is 79.9.